The number of rotatable bonds is 3. The summed E-state index contributed by atoms with van der Waals surface area (Å²) in [7, 11) is 1.76. The van der Waals surface area contributed by atoms with Crippen molar-refractivity contribution in [3.05, 3.63) is 63.9 Å². The van der Waals surface area contributed by atoms with Crippen molar-refractivity contribution in [1.82, 2.24) is 14.5 Å². The van der Waals surface area contributed by atoms with Crippen molar-refractivity contribution in [2.75, 3.05) is 5.32 Å². The Kier molecular flexibility index (Phi) is 3.61. The third-order valence-corrected chi connectivity index (χ3v) is 3.65. The maximum Gasteiger partial charge on any atom is 0.295 e. The van der Waals surface area contributed by atoms with Crippen molar-refractivity contribution < 1.29 is 9.32 Å². The summed E-state index contributed by atoms with van der Waals surface area (Å²) in [6.45, 7) is 3.46. The molecule has 0 atom stereocenters. The van der Waals surface area contributed by atoms with Crippen molar-refractivity contribution in [3.63, 3.8) is 0 Å². The summed E-state index contributed by atoms with van der Waals surface area (Å²) in [4.78, 5) is 24.9. The molecule has 0 radical (unpaired) electrons. The number of nitrogens with one attached hydrogen (secondary N) is 1. The van der Waals surface area contributed by atoms with Gasteiger partial charge in [-0.2, -0.15) is 0 Å². The second kappa shape index (κ2) is 5.60. The van der Waals surface area contributed by atoms with Gasteiger partial charge in [-0.1, -0.05) is 23.4 Å². The molecular formula is C16H16N4O3. The second-order valence-corrected chi connectivity index (χ2v) is 5.21. The van der Waals surface area contributed by atoms with Gasteiger partial charge in [-0.05, 0) is 26.0 Å². The van der Waals surface area contributed by atoms with Crippen LogP contribution in [0.15, 0.2) is 45.7 Å². The number of aryl methyl sites for hydroxylation is 1. The van der Waals surface area contributed by atoms with E-state index in [2.05, 4.69) is 10.5 Å². The molecule has 2 heterocycles. The van der Waals surface area contributed by atoms with Gasteiger partial charge in [-0.3, -0.25) is 14.3 Å². The first kappa shape index (κ1) is 14.8. The molecule has 0 aliphatic carbocycles. The Bertz CT molecular complexity index is 919. The molecular weight excluding hydrogens is 296 g/mol. The topological polar surface area (TPSA) is 82.1 Å². The molecule has 2 aromatic heterocycles. The van der Waals surface area contributed by atoms with Crippen molar-refractivity contribution in [2.24, 2.45) is 7.05 Å². The quantitative estimate of drug-likeness (QED) is 0.802. The van der Waals surface area contributed by atoms with E-state index < -0.39 is 5.91 Å². The van der Waals surface area contributed by atoms with Gasteiger partial charge in [0, 0.05) is 13.1 Å². The van der Waals surface area contributed by atoms with E-state index in [0.29, 0.717) is 11.5 Å². The van der Waals surface area contributed by atoms with Crippen LogP contribution in [0.3, 0.4) is 0 Å². The smallest absolute Gasteiger partial charge is 0.295 e. The largest absolute Gasteiger partial charge is 0.361 e. The van der Waals surface area contributed by atoms with Gasteiger partial charge >= 0.3 is 0 Å². The van der Waals surface area contributed by atoms with Crippen LogP contribution in [0.2, 0.25) is 0 Å². The first-order chi connectivity index (χ1) is 11.0. The number of anilines is 1. The number of hydrogen-bond acceptors (Lipinski definition) is 4. The van der Waals surface area contributed by atoms with E-state index in [9.17, 15) is 9.59 Å². The summed E-state index contributed by atoms with van der Waals surface area (Å²) >= 11 is 0. The number of hydrogen-bond donors (Lipinski definition) is 1. The fourth-order valence-corrected chi connectivity index (χ4v) is 2.36. The molecule has 0 saturated carbocycles. The molecule has 1 aromatic carbocycles. The molecule has 0 bridgehead atoms. The minimum atomic E-state index is -0.479. The molecule has 1 N–H and O–H groups in total. The molecule has 1 amide bonds. The van der Waals surface area contributed by atoms with Crippen LogP contribution in [0.5, 0.6) is 0 Å². The maximum atomic E-state index is 12.7. The van der Waals surface area contributed by atoms with E-state index in [1.54, 1.807) is 25.6 Å². The van der Waals surface area contributed by atoms with Crippen LogP contribution in [-0.4, -0.2) is 20.4 Å². The Morgan fingerprint density at radius 2 is 1.91 bits per heavy atom. The summed E-state index contributed by atoms with van der Waals surface area (Å²) in [6, 6.07) is 10.7. The fourth-order valence-electron chi connectivity index (χ4n) is 2.36. The highest BCUT2D eigenvalue weighted by Crippen LogP contribution is 2.15. The molecule has 0 spiro atoms. The lowest BCUT2D eigenvalue weighted by Crippen LogP contribution is -2.23. The molecule has 0 aliphatic rings. The minimum absolute atomic E-state index is 0.136. The standard InChI is InChI=1S/C16H16N4O3/c1-10-9-13(18-23-10)15(21)17-14-11(2)19(3)20(16(14)22)12-7-5-4-6-8-12/h4-9H,1-3H3,(H,17,21). The zero-order valence-electron chi connectivity index (χ0n) is 13.0. The zero-order chi connectivity index (χ0) is 16.6. The van der Waals surface area contributed by atoms with Crippen LogP contribution in [0.25, 0.3) is 5.69 Å². The summed E-state index contributed by atoms with van der Waals surface area (Å²) in [5.74, 6) is 0.0505. The number of carbonyl (C=O) groups excluding carboxylic acids is 1. The third kappa shape index (κ3) is 2.57. The van der Waals surface area contributed by atoms with Crippen LogP contribution in [0.4, 0.5) is 5.69 Å². The molecule has 3 rings (SSSR count). The van der Waals surface area contributed by atoms with E-state index in [4.69, 9.17) is 4.52 Å². The molecule has 0 saturated heterocycles. The highest BCUT2D eigenvalue weighted by atomic mass is 16.5. The van der Waals surface area contributed by atoms with E-state index in [1.807, 2.05) is 30.3 Å². The lowest BCUT2D eigenvalue weighted by molar-refractivity contribution is 0.101. The van der Waals surface area contributed by atoms with Crippen molar-refractivity contribution in [3.8, 4) is 5.69 Å². The van der Waals surface area contributed by atoms with Crippen LogP contribution in [0, 0.1) is 13.8 Å². The summed E-state index contributed by atoms with van der Waals surface area (Å²) < 4.78 is 8.08. The number of carbonyl (C=O) groups is 1. The van der Waals surface area contributed by atoms with E-state index in [1.165, 1.54) is 10.7 Å². The predicted octanol–water partition coefficient (Wildman–Crippen LogP) is 2.03. The summed E-state index contributed by atoms with van der Waals surface area (Å²) in [6.07, 6.45) is 0. The lowest BCUT2D eigenvalue weighted by atomic mass is 10.3. The van der Waals surface area contributed by atoms with Crippen LogP contribution in [0.1, 0.15) is 21.9 Å². The fraction of sp³-hybridized carbons (Fsp3) is 0.188. The maximum absolute atomic E-state index is 12.7. The van der Waals surface area contributed by atoms with E-state index >= 15 is 0 Å². The van der Waals surface area contributed by atoms with Crippen LogP contribution >= 0.6 is 0 Å². The normalized spacial score (nSPS) is 10.7. The predicted molar refractivity (Wildman–Crippen MR) is 84.9 cm³/mol. The highest BCUT2D eigenvalue weighted by molar-refractivity contribution is 6.03. The Balaban J connectivity index is 2.01. The van der Waals surface area contributed by atoms with Gasteiger partial charge in [-0.25, -0.2) is 4.68 Å². The third-order valence-electron chi connectivity index (χ3n) is 3.65. The number of para-hydroxylation sites is 1. The average molecular weight is 312 g/mol. The Hall–Kier alpha value is -3.09. The zero-order valence-corrected chi connectivity index (χ0v) is 13.0. The Labute approximate surface area is 132 Å². The molecule has 0 fully saturated rings. The monoisotopic (exact) mass is 312 g/mol. The highest BCUT2D eigenvalue weighted by Gasteiger charge is 2.20. The van der Waals surface area contributed by atoms with E-state index in [-0.39, 0.29) is 16.9 Å². The Morgan fingerprint density at radius 3 is 2.52 bits per heavy atom. The molecule has 7 heteroatoms. The first-order valence-electron chi connectivity index (χ1n) is 7.07. The van der Waals surface area contributed by atoms with Gasteiger partial charge in [-0.15, -0.1) is 0 Å². The van der Waals surface area contributed by atoms with Crippen molar-refractivity contribution in [1.29, 1.82) is 0 Å². The molecule has 0 unspecified atom stereocenters. The molecule has 0 aliphatic heterocycles. The molecule has 23 heavy (non-hydrogen) atoms. The minimum Gasteiger partial charge on any atom is -0.361 e. The summed E-state index contributed by atoms with van der Waals surface area (Å²) in [5, 5.41) is 6.28. The number of benzene rings is 1. The van der Waals surface area contributed by atoms with E-state index in [0.717, 1.165) is 5.69 Å². The van der Waals surface area contributed by atoms with Crippen molar-refractivity contribution in [2.45, 2.75) is 13.8 Å². The average Bonchev–Trinajstić information content (AvgIpc) is 3.06. The SMILES string of the molecule is Cc1cc(C(=O)Nc2c(C)n(C)n(-c3ccccc3)c2=O)no1. The van der Waals surface area contributed by atoms with Crippen LogP contribution < -0.4 is 10.9 Å². The first-order valence-corrected chi connectivity index (χ1v) is 7.07. The van der Waals surface area contributed by atoms with Gasteiger partial charge in [0.15, 0.2) is 5.69 Å². The van der Waals surface area contributed by atoms with Crippen molar-refractivity contribution >= 4 is 11.6 Å². The number of nitrogens with zero attached hydrogens (tertiary/aromatic N) is 3. The summed E-state index contributed by atoms with van der Waals surface area (Å²) in [5.41, 5.74) is 1.43. The van der Waals surface area contributed by atoms with Gasteiger partial charge in [0.05, 0.1) is 11.4 Å². The lowest BCUT2D eigenvalue weighted by Gasteiger charge is -2.07. The van der Waals surface area contributed by atoms with Gasteiger partial charge < -0.3 is 9.84 Å². The number of aromatic nitrogens is 3. The molecule has 7 nitrogen and oxygen atoms in total. The number of amides is 1. The molecule has 3 aromatic rings. The van der Waals surface area contributed by atoms with Gasteiger partial charge in [0.2, 0.25) is 0 Å². The van der Waals surface area contributed by atoms with Gasteiger partial charge in [0.1, 0.15) is 11.4 Å². The molecule has 118 valence electrons. The van der Waals surface area contributed by atoms with Crippen LogP contribution in [-0.2, 0) is 7.05 Å². The second-order valence-electron chi connectivity index (χ2n) is 5.21. The van der Waals surface area contributed by atoms with Gasteiger partial charge in [0.25, 0.3) is 11.5 Å². The Morgan fingerprint density at radius 1 is 1.22 bits per heavy atom.